The van der Waals surface area contributed by atoms with Crippen molar-refractivity contribution in [3.05, 3.63) is 35.5 Å². The first-order valence-corrected chi connectivity index (χ1v) is 12.2. The lowest BCUT2D eigenvalue weighted by Crippen LogP contribution is -2.37. The van der Waals surface area contributed by atoms with E-state index in [9.17, 15) is 15.3 Å². The number of hydrogen-bond acceptors (Lipinski definition) is 3. The molecule has 6 atom stereocenters. The summed E-state index contributed by atoms with van der Waals surface area (Å²) in [7, 11) is 0. The molecule has 30 heavy (non-hydrogen) atoms. The summed E-state index contributed by atoms with van der Waals surface area (Å²) in [5, 5.41) is 30.6. The summed E-state index contributed by atoms with van der Waals surface area (Å²) in [4.78, 5) is 0. The van der Waals surface area contributed by atoms with Crippen molar-refractivity contribution in [2.45, 2.75) is 110 Å². The predicted molar refractivity (Wildman–Crippen MR) is 124 cm³/mol. The molecule has 3 fully saturated rings. The molecule has 0 spiro atoms. The molecule has 0 aliphatic heterocycles. The molecule has 3 N–H and O–H groups in total. The van der Waals surface area contributed by atoms with E-state index in [1.54, 1.807) is 19.4 Å². The van der Waals surface area contributed by atoms with Gasteiger partial charge in [0.2, 0.25) is 0 Å². The molecule has 0 heterocycles. The van der Waals surface area contributed by atoms with Crippen molar-refractivity contribution in [1.29, 1.82) is 0 Å². The summed E-state index contributed by atoms with van der Waals surface area (Å²) in [5.41, 5.74) is 3.49. The Morgan fingerprint density at radius 3 is 2.63 bits per heavy atom. The van der Waals surface area contributed by atoms with Gasteiger partial charge < -0.3 is 15.3 Å². The third-order valence-corrected chi connectivity index (χ3v) is 8.29. The van der Waals surface area contributed by atoms with E-state index < -0.39 is 11.7 Å². The van der Waals surface area contributed by atoms with E-state index in [1.807, 2.05) is 0 Å². The number of allylic oxidation sites excluding steroid dienone is 4. The first kappa shape index (κ1) is 23.8. The Kier molecular flexibility index (Phi) is 7.37. The average Bonchev–Trinajstić information content (AvgIpc) is 2.98. The Bertz CT molecular complexity index is 683. The molecule has 0 aromatic rings. The Hall–Kier alpha value is -0.900. The predicted octanol–water partition coefficient (Wildman–Crippen LogP) is 5.70. The first-order valence-electron chi connectivity index (χ1n) is 12.2. The van der Waals surface area contributed by atoms with Crippen LogP contribution in [0, 0.1) is 23.2 Å². The van der Waals surface area contributed by atoms with Gasteiger partial charge in [-0.3, -0.25) is 0 Å². The van der Waals surface area contributed by atoms with Gasteiger partial charge in [0.15, 0.2) is 0 Å². The van der Waals surface area contributed by atoms with Gasteiger partial charge in [-0.2, -0.15) is 0 Å². The van der Waals surface area contributed by atoms with Crippen LogP contribution in [0.25, 0.3) is 0 Å². The minimum atomic E-state index is -0.813. The fourth-order valence-electron chi connectivity index (χ4n) is 6.86. The molecule has 0 aromatic heterocycles. The summed E-state index contributed by atoms with van der Waals surface area (Å²) in [6, 6.07) is 0. The summed E-state index contributed by atoms with van der Waals surface area (Å²) in [5.74, 6) is 1.72. The number of aliphatic hydroxyl groups excluding tert-OH is 2. The standard InChI is InChI=1S/C27H44O3/c1-18-8-11-22(28)16-21(18)10-9-20-7-6-14-27(5)24(12-13-25(20)27)19(2)15-23(29)17-26(3,4)30/h9-10,19,22-25,28-30H,1,6-8,11-17H2,2-5H3/b20-9?,21-10-/t19-,22+,23?,24-,25?,27-/m1/s1. The fourth-order valence-corrected chi connectivity index (χ4v) is 6.86. The van der Waals surface area contributed by atoms with E-state index in [2.05, 4.69) is 32.6 Å². The fraction of sp³-hybridized carbons (Fsp3) is 0.778. The van der Waals surface area contributed by atoms with Gasteiger partial charge in [0, 0.05) is 6.42 Å². The lowest BCUT2D eigenvalue weighted by molar-refractivity contribution is 0.000134. The minimum absolute atomic E-state index is 0.219. The molecule has 0 radical (unpaired) electrons. The lowest BCUT2D eigenvalue weighted by atomic mass is 9.60. The molecule has 3 heteroatoms. The van der Waals surface area contributed by atoms with Gasteiger partial charge >= 0.3 is 0 Å². The van der Waals surface area contributed by atoms with Crippen LogP contribution in [0.1, 0.15) is 91.9 Å². The van der Waals surface area contributed by atoms with Crippen molar-refractivity contribution in [3.63, 3.8) is 0 Å². The van der Waals surface area contributed by atoms with Gasteiger partial charge in [0.05, 0.1) is 17.8 Å². The Labute approximate surface area is 184 Å². The second kappa shape index (κ2) is 9.30. The Morgan fingerprint density at radius 1 is 1.20 bits per heavy atom. The quantitative estimate of drug-likeness (QED) is 0.520. The molecule has 3 aliphatic rings. The lowest BCUT2D eigenvalue weighted by Gasteiger charge is -2.44. The van der Waals surface area contributed by atoms with Gasteiger partial charge in [-0.25, -0.2) is 0 Å². The van der Waals surface area contributed by atoms with Gasteiger partial charge in [-0.15, -0.1) is 0 Å². The highest BCUT2D eigenvalue weighted by Gasteiger charge is 2.50. The van der Waals surface area contributed by atoms with E-state index in [-0.39, 0.29) is 6.10 Å². The summed E-state index contributed by atoms with van der Waals surface area (Å²) in [6.07, 6.45) is 13.8. The van der Waals surface area contributed by atoms with Crippen molar-refractivity contribution in [1.82, 2.24) is 0 Å². The van der Waals surface area contributed by atoms with Crippen LogP contribution in [0.5, 0.6) is 0 Å². The third kappa shape index (κ3) is 5.47. The molecule has 0 saturated heterocycles. The van der Waals surface area contributed by atoms with Crippen LogP contribution in [0.3, 0.4) is 0 Å². The van der Waals surface area contributed by atoms with Crippen LogP contribution in [-0.4, -0.2) is 33.1 Å². The second-order valence-electron chi connectivity index (χ2n) is 11.4. The van der Waals surface area contributed by atoms with Gasteiger partial charge in [0.1, 0.15) is 0 Å². The smallest absolute Gasteiger partial charge is 0.0616 e. The molecule has 170 valence electrons. The number of rotatable bonds is 6. The van der Waals surface area contributed by atoms with Crippen LogP contribution in [0.15, 0.2) is 35.5 Å². The van der Waals surface area contributed by atoms with E-state index in [1.165, 1.54) is 43.3 Å². The summed E-state index contributed by atoms with van der Waals surface area (Å²) in [6.45, 7) is 12.6. The van der Waals surface area contributed by atoms with E-state index in [0.717, 1.165) is 25.7 Å². The normalized spacial score (nSPS) is 37.4. The zero-order chi connectivity index (χ0) is 22.1. The van der Waals surface area contributed by atoms with Crippen molar-refractivity contribution in [2.75, 3.05) is 0 Å². The van der Waals surface area contributed by atoms with Gasteiger partial charge in [0.25, 0.3) is 0 Å². The highest BCUT2D eigenvalue weighted by molar-refractivity contribution is 5.36. The SMILES string of the molecule is C=C1CC[C@H](O)C/C1=C/C=C1CCC[C@@]2(C)C1CC[C@@H]2[C@H](C)CC(O)CC(C)(C)O. The maximum absolute atomic E-state index is 10.5. The van der Waals surface area contributed by atoms with Crippen LogP contribution in [-0.2, 0) is 0 Å². The van der Waals surface area contributed by atoms with Crippen molar-refractivity contribution in [3.8, 4) is 0 Å². The molecule has 0 aromatic carbocycles. The van der Waals surface area contributed by atoms with Crippen LogP contribution in [0.2, 0.25) is 0 Å². The second-order valence-corrected chi connectivity index (χ2v) is 11.4. The molecular formula is C27H44O3. The molecule has 3 nitrogen and oxygen atoms in total. The monoisotopic (exact) mass is 416 g/mol. The Morgan fingerprint density at radius 2 is 1.93 bits per heavy atom. The third-order valence-electron chi connectivity index (χ3n) is 8.29. The van der Waals surface area contributed by atoms with Crippen molar-refractivity contribution in [2.24, 2.45) is 23.2 Å². The molecule has 0 amide bonds. The number of hydrogen-bond donors (Lipinski definition) is 3. The minimum Gasteiger partial charge on any atom is -0.393 e. The zero-order valence-electron chi connectivity index (χ0n) is 19.7. The average molecular weight is 417 g/mol. The van der Waals surface area contributed by atoms with Crippen molar-refractivity contribution < 1.29 is 15.3 Å². The largest absolute Gasteiger partial charge is 0.393 e. The molecule has 2 unspecified atom stereocenters. The molecule has 3 saturated carbocycles. The summed E-state index contributed by atoms with van der Waals surface area (Å²) >= 11 is 0. The molecular weight excluding hydrogens is 372 g/mol. The van der Waals surface area contributed by atoms with E-state index >= 15 is 0 Å². The van der Waals surface area contributed by atoms with Crippen LogP contribution in [0.4, 0.5) is 0 Å². The highest BCUT2D eigenvalue weighted by atomic mass is 16.3. The number of aliphatic hydroxyl groups is 3. The van der Waals surface area contributed by atoms with E-state index in [0.29, 0.717) is 29.6 Å². The van der Waals surface area contributed by atoms with Crippen molar-refractivity contribution >= 4 is 0 Å². The first-order chi connectivity index (χ1) is 14.0. The maximum atomic E-state index is 10.5. The van der Waals surface area contributed by atoms with Crippen LogP contribution >= 0.6 is 0 Å². The summed E-state index contributed by atoms with van der Waals surface area (Å²) < 4.78 is 0. The van der Waals surface area contributed by atoms with Gasteiger partial charge in [-0.05, 0) is 100 Å². The van der Waals surface area contributed by atoms with E-state index in [4.69, 9.17) is 0 Å². The number of fused-ring (bicyclic) bond motifs is 1. The molecule has 3 rings (SSSR count). The zero-order valence-corrected chi connectivity index (χ0v) is 19.7. The maximum Gasteiger partial charge on any atom is 0.0616 e. The molecule has 3 aliphatic carbocycles. The Balaban J connectivity index is 1.71. The molecule has 0 bridgehead atoms. The topological polar surface area (TPSA) is 60.7 Å². The highest BCUT2D eigenvalue weighted by Crippen LogP contribution is 2.60. The van der Waals surface area contributed by atoms with Crippen LogP contribution < -0.4 is 0 Å². The van der Waals surface area contributed by atoms with Gasteiger partial charge in [-0.1, -0.05) is 43.7 Å².